The minimum atomic E-state index is -0.120. The Morgan fingerprint density at radius 1 is 1.14 bits per heavy atom. The molecule has 1 fully saturated rings. The van der Waals surface area contributed by atoms with Gasteiger partial charge in [0.05, 0.1) is 28.9 Å². The summed E-state index contributed by atoms with van der Waals surface area (Å²) in [6.07, 6.45) is 6.84. The third-order valence-corrected chi connectivity index (χ3v) is 7.93. The third kappa shape index (κ3) is 5.13. The summed E-state index contributed by atoms with van der Waals surface area (Å²) in [5, 5.41) is 1.23. The first kappa shape index (κ1) is 25.4. The molecule has 0 spiro atoms. The lowest BCUT2D eigenvalue weighted by Gasteiger charge is -2.43. The van der Waals surface area contributed by atoms with E-state index in [0.29, 0.717) is 27.4 Å². The summed E-state index contributed by atoms with van der Waals surface area (Å²) < 4.78 is 5.53. The summed E-state index contributed by atoms with van der Waals surface area (Å²) in [6, 6.07) is 17.5. The predicted octanol–water partition coefficient (Wildman–Crippen LogP) is 8.15. The van der Waals surface area contributed by atoms with Gasteiger partial charge in [0.2, 0.25) is 0 Å². The maximum absolute atomic E-state index is 13.6. The Labute approximate surface area is 227 Å². The average Bonchev–Trinajstić information content (AvgIpc) is 3.47. The molecule has 5 rings (SSSR count). The fraction of sp³-hybridized carbons (Fsp3) is 0.267. The quantitative estimate of drug-likeness (QED) is 0.301. The van der Waals surface area contributed by atoms with Gasteiger partial charge in [-0.25, -0.2) is 4.99 Å². The number of furan rings is 1. The first-order chi connectivity index (χ1) is 17.8. The molecule has 0 bridgehead atoms. The van der Waals surface area contributed by atoms with Crippen molar-refractivity contribution < 1.29 is 9.21 Å². The van der Waals surface area contributed by atoms with Crippen LogP contribution in [0.2, 0.25) is 5.02 Å². The molecule has 5 nitrogen and oxygen atoms in total. The molecule has 3 heterocycles. The molecule has 3 aromatic rings. The van der Waals surface area contributed by atoms with Crippen LogP contribution in [0.3, 0.4) is 0 Å². The summed E-state index contributed by atoms with van der Waals surface area (Å²) in [4.78, 5) is 23.0. The number of fused-ring (bicyclic) bond motifs is 1. The highest BCUT2D eigenvalue weighted by molar-refractivity contribution is 8.18. The van der Waals surface area contributed by atoms with E-state index < -0.39 is 0 Å². The average molecular weight is 532 g/mol. The molecule has 1 saturated heterocycles. The number of amides is 1. The predicted molar refractivity (Wildman–Crippen MR) is 155 cm³/mol. The summed E-state index contributed by atoms with van der Waals surface area (Å²) >= 11 is 8.20. The van der Waals surface area contributed by atoms with Gasteiger partial charge in [0.1, 0.15) is 5.76 Å². The van der Waals surface area contributed by atoms with Gasteiger partial charge in [-0.3, -0.25) is 9.69 Å². The maximum Gasteiger partial charge on any atom is 0.267 e. The Morgan fingerprint density at radius 2 is 1.92 bits per heavy atom. The van der Waals surface area contributed by atoms with Gasteiger partial charge >= 0.3 is 0 Å². The number of benzene rings is 2. The summed E-state index contributed by atoms with van der Waals surface area (Å²) in [5.74, 6) is 0.577. The largest absolute Gasteiger partial charge is 0.467 e. The van der Waals surface area contributed by atoms with Crippen LogP contribution in [0.1, 0.15) is 51.0 Å². The number of nitrogens with zero attached hydrogens (tertiary/aromatic N) is 3. The van der Waals surface area contributed by atoms with Crippen LogP contribution in [0, 0.1) is 0 Å². The van der Waals surface area contributed by atoms with Crippen molar-refractivity contribution in [3.05, 3.63) is 93.8 Å². The smallest absolute Gasteiger partial charge is 0.267 e. The Bertz CT molecular complexity index is 1410. The van der Waals surface area contributed by atoms with E-state index in [1.54, 1.807) is 11.2 Å². The number of rotatable bonds is 6. The van der Waals surface area contributed by atoms with E-state index in [1.165, 1.54) is 17.3 Å². The molecular weight excluding hydrogens is 502 g/mol. The second-order valence-corrected chi connectivity index (χ2v) is 11.3. The van der Waals surface area contributed by atoms with Crippen LogP contribution < -0.4 is 4.90 Å². The molecule has 0 aliphatic carbocycles. The standard InChI is InChI=1S/C30H30ClN3O2S/c1-5-13-34-26-17-25(31)21(15-24(26)20(2)18-30(34,3)4)16-27-28(35)33(19-23-12-9-14-36-23)29(37-27)32-22-10-7-6-8-11-22/h6-12,14-18H,5,13,19H2,1-4H3/b27-16+,32-29?. The fourth-order valence-corrected chi connectivity index (χ4v) is 6.10. The van der Waals surface area contributed by atoms with Gasteiger partial charge < -0.3 is 9.32 Å². The molecule has 0 radical (unpaired) electrons. The minimum Gasteiger partial charge on any atom is -0.467 e. The van der Waals surface area contributed by atoms with E-state index in [2.05, 4.69) is 44.7 Å². The molecule has 0 atom stereocenters. The summed E-state index contributed by atoms with van der Waals surface area (Å²) in [6.45, 7) is 10.0. The van der Waals surface area contributed by atoms with Crippen molar-refractivity contribution in [1.82, 2.24) is 4.90 Å². The lowest BCUT2D eigenvalue weighted by Crippen LogP contribution is -2.45. The highest BCUT2D eigenvalue weighted by Crippen LogP contribution is 2.43. The van der Waals surface area contributed by atoms with Crippen molar-refractivity contribution in [2.45, 2.75) is 46.2 Å². The van der Waals surface area contributed by atoms with E-state index in [4.69, 9.17) is 21.0 Å². The molecule has 190 valence electrons. The van der Waals surface area contributed by atoms with Crippen LogP contribution in [0.15, 0.2) is 81.3 Å². The number of thioether (sulfide) groups is 1. The number of aliphatic imine (C=N–C) groups is 1. The lowest BCUT2D eigenvalue weighted by atomic mass is 9.87. The first-order valence-electron chi connectivity index (χ1n) is 12.5. The first-order valence-corrected chi connectivity index (χ1v) is 13.6. The summed E-state index contributed by atoms with van der Waals surface area (Å²) in [7, 11) is 0. The van der Waals surface area contributed by atoms with Gasteiger partial charge in [-0.2, -0.15) is 0 Å². The lowest BCUT2D eigenvalue weighted by molar-refractivity contribution is -0.122. The van der Waals surface area contributed by atoms with Gasteiger partial charge in [-0.15, -0.1) is 0 Å². The molecule has 0 unspecified atom stereocenters. The normalized spacial score (nSPS) is 19.1. The molecule has 1 amide bonds. The van der Waals surface area contributed by atoms with E-state index in [0.717, 1.165) is 35.5 Å². The van der Waals surface area contributed by atoms with E-state index in [9.17, 15) is 4.79 Å². The van der Waals surface area contributed by atoms with Crippen LogP contribution in [0.5, 0.6) is 0 Å². The van der Waals surface area contributed by atoms with Crippen LogP contribution in [-0.2, 0) is 11.3 Å². The minimum absolute atomic E-state index is 0.0944. The number of carbonyl (C=O) groups excluding carboxylic acids is 1. The Morgan fingerprint density at radius 3 is 2.62 bits per heavy atom. The number of para-hydroxylation sites is 1. The van der Waals surface area contributed by atoms with Crippen molar-refractivity contribution >= 4 is 57.5 Å². The van der Waals surface area contributed by atoms with Crippen LogP contribution >= 0.6 is 23.4 Å². The molecule has 0 saturated carbocycles. The molecule has 1 aromatic heterocycles. The van der Waals surface area contributed by atoms with Crippen molar-refractivity contribution in [2.75, 3.05) is 11.4 Å². The number of hydrogen-bond donors (Lipinski definition) is 0. The summed E-state index contributed by atoms with van der Waals surface area (Å²) in [5.41, 5.74) is 5.00. The monoisotopic (exact) mass is 531 g/mol. The van der Waals surface area contributed by atoms with Crippen molar-refractivity contribution in [2.24, 2.45) is 4.99 Å². The number of amidine groups is 1. The Balaban J connectivity index is 1.54. The van der Waals surface area contributed by atoms with Crippen LogP contribution in [-0.4, -0.2) is 28.1 Å². The van der Waals surface area contributed by atoms with Crippen molar-refractivity contribution in [3.8, 4) is 0 Å². The number of anilines is 1. The zero-order chi connectivity index (χ0) is 26.2. The second kappa shape index (κ2) is 10.3. The van der Waals surface area contributed by atoms with Crippen molar-refractivity contribution in [1.29, 1.82) is 0 Å². The van der Waals surface area contributed by atoms with E-state index >= 15 is 0 Å². The SMILES string of the molecule is CCCN1c2cc(Cl)c(/C=C3/SC(=Nc4ccccc4)N(Cc4ccco4)C3=O)cc2C(C)=CC1(C)C. The number of halogens is 1. The van der Waals surface area contributed by atoms with Gasteiger partial charge in [0.15, 0.2) is 5.17 Å². The van der Waals surface area contributed by atoms with E-state index in [1.807, 2.05) is 54.6 Å². The van der Waals surface area contributed by atoms with E-state index in [-0.39, 0.29) is 11.4 Å². The molecule has 2 aliphatic heterocycles. The number of carbonyl (C=O) groups is 1. The molecule has 2 aliphatic rings. The maximum atomic E-state index is 13.6. The third-order valence-electron chi connectivity index (χ3n) is 6.59. The molecule has 2 aromatic carbocycles. The Kier molecular flexibility index (Phi) is 7.06. The highest BCUT2D eigenvalue weighted by atomic mass is 35.5. The molecule has 0 N–H and O–H groups in total. The zero-order valence-electron chi connectivity index (χ0n) is 21.5. The molecular formula is C30H30ClN3O2S. The van der Waals surface area contributed by atoms with Crippen LogP contribution in [0.4, 0.5) is 11.4 Å². The van der Waals surface area contributed by atoms with Crippen molar-refractivity contribution in [3.63, 3.8) is 0 Å². The van der Waals surface area contributed by atoms with Gasteiger partial charge in [0, 0.05) is 22.8 Å². The second-order valence-electron chi connectivity index (χ2n) is 9.83. The topological polar surface area (TPSA) is 49.0 Å². The molecule has 7 heteroatoms. The van der Waals surface area contributed by atoms with Gasteiger partial charge in [0.25, 0.3) is 5.91 Å². The number of allylic oxidation sites excluding steroid dienone is 1. The van der Waals surface area contributed by atoms with Gasteiger partial charge in [-0.1, -0.05) is 42.8 Å². The van der Waals surface area contributed by atoms with Gasteiger partial charge in [-0.05, 0) is 92.6 Å². The zero-order valence-corrected chi connectivity index (χ0v) is 23.1. The fourth-order valence-electron chi connectivity index (χ4n) is 4.90. The highest BCUT2D eigenvalue weighted by Gasteiger charge is 2.35. The molecule has 37 heavy (non-hydrogen) atoms. The van der Waals surface area contributed by atoms with Crippen LogP contribution in [0.25, 0.3) is 11.6 Å². The Hall–Kier alpha value is -3.22. The number of hydrogen-bond acceptors (Lipinski definition) is 5.